The number of carbonyl (C=O) groups excluding carboxylic acids is 4. The second-order valence-corrected chi connectivity index (χ2v) is 9.89. The summed E-state index contributed by atoms with van der Waals surface area (Å²) in [6, 6.07) is 25.2. The minimum absolute atomic E-state index is 0.154. The first-order valence-electron chi connectivity index (χ1n) is 12.3. The van der Waals surface area contributed by atoms with Crippen LogP contribution in [0.5, 0.6) is 0 Å². The first-order valence-corrected chi connectivity index (χ1v) is 12.3. The van der Waals surface area contributed by atoms with Gasteiger partial charge in [0.1, 0.15) is 0 Å². The van der Waals surface area contributed by atoms with Crippen LogP contribution in [0.15, 0.2) is 84.9 Å². The van der Waals surface area contributed by atoms with E-state index < -0.39 is 5.97 Å². The monoisotopic (exact) mass is 479 g/mol. The number of imide groups is 1. The van der Waals surface area contributed by atoms with Crippen LogP contribution in [0.2, 0.25) is 0 Å². The molecule has 5 atom stereocenters. The Morgan fingerprint density at radius 3 is 2.19 bits per heavy atom. The highest BCUT2D eigenvalue weighted by molar-refractivity contribution is 6.23. The summed E-state index contributed by atoms with van der Waals surface area (Å²) >= 11 is 0. The van der Waals surface area contributed by atoms with Crippen LogP contribution in [0, 0.1) is 23.7 Å². The molecule has 3 aromatic carbocycles. The molecule has 0 N–H and O–H groups in total. The zero-order valence-corrected chi connectivity index (χ0v) is 19.6. The van der Waals surface area contributed by atoms with Gasteiger partial charge in [-0.05, 0) is 54.4 Å². The molecule has 0 aromatic heterocycles. The fourth-order valence-corrected chi connectivity index (χ4v) is 6.49. The Bertz CT molecular complexity index is 1350. The van der Waals surface area contributed by atoms with Crippen LogP contribution in [0.25, 0.3) is 0 Å². The summed E-state index contributed by atoms with van der Waals surface area (Å²) in [5, 5.41) is 0. The lowest BCUT2D eigenvalue weighted by Gasteiger charge is -2.28. The van der Waals surface area contributed by atoms with Crippen LogP contribution < -0.4 is 4.90 Å². The van der Waals surface area contributed by atoms with Crippen molar-refractivity contribution in [3.05, 3.63) is 102 Å². The molecule has 3 aliphatic rings. The van der Waals surface area contributed by atoms with Gasteiger partial charge in [-0.25, -0.2) is 4.79 Å². The molecular weight excluding hydrogens is 454 g/mol. The quantitative estimate of drug-likeness (QED) is 0.292. The third-order valence-electron chi connectivity index (χ3n) is 8.01. The molecule has 1 heterocycles. The molecule has 0 radical (unpaired) electrons. The number of hydrogen-bond donors (Lipinski definition) is 0. The maximum atomic E-state index is 13.6. The molecular formula is C30H25NO5. The molecule has 2 amide bonds. The summed E-state index contributed by atoms with van der Waals surface area (Å²) < 4.78 is 5.22. The van der Waals surface area contributed by atoms with Gasteiger partial charge in [-0.1, -0.05) is 66.7 Å². The average Bonchev–Trinajstić information content (AvgIpc) is 3.59. The molecule has 0 spiro atoms. The second-order valence-electron chi connectivity index (χ2n) is 9.89. The van der Waals surface area contributed by atoms with E-state index in [0.29, 0.717) is 11.3 Å². The van der Waals surface area contributed by atoms with Crippen molar-refractivity contribution in [2.45, 2.75) is 18.8 Å². The Kier molecular flexibility index (Phi) is 5.52. The van der Waals surface area contributed by atoms with Crippen LogP contribution in [0.1, 0.15) is 45.0 Å². The van der Waals surface area contributed by atoms with E-state index in [9.17, 15) is 19.2 Å². The molecule has 3 fully saturated rings. The highest BCUT2D eigenvalue weighted by Gasteiger charge is 2.64. The van der Waals surface area contributed by atoms with Crippen molar-refractivity contribution in [1.29, 1.82) is 0 Å². The normalized spacial score (nSPS) is 26.2. The van der Waals surface area contributed by atoms with Crippen molar-refractivity contribution < 1.29 is 23.9 Å². The highest BCUT2D eigenvalue weighted by atomic mass is 16.5. The first-order chi connectivity index (χ1) is 17.5. The van der Waals surface area contributed by atoms with Crippen LogP contribution >= 0.6 is 0 Å². The van der Waals surface area contributed by atoms with Crippen molar-refractivity contribution >= 4 is 29.3 Å². The fraction of sp³-hybridized carbons (Fsp3) is 0.267. The largest absolute Gasteiger partial charge is 0.454 e. The summed E-state index contributed by atoms with van der Waals surface area (Å²) in [6.07, 6.45) is 1.83. The van der Waals surface area contributed by atoms with Gasteiger partial charge >= 0.3 is 5.97 Å². The van der Waals surface area contributed by atoms with E-state index in [1.807, 2.05) is 18.2 Å². The van der Waals surface area contributed by atoms with Crippen LogP contribution in [0.3, 0.4) is 0 Å². The molecule has 6 rings (SSSR count). The van der Waals surface area contributed by atoms with Crippen LogP contribution in [-0.2, 0) is 14.3 Å². The Hall–Kier alpha value is -4.06. The number of nitrogens with zero attached hydrogens (tertiary/aromatic N) is 1. The summed E-state index contributed by atoms with van der Waals surface area (Å²) in [7, 11) is 0. The number of amides is 2. The molecule has 2 aliphatic carbocycles. The second kappa shape index (κ2) is 8.86. The van der Waals surface area contributed by atoms with E-state index >= 15 is 0 Å². The van der Waals surface area contributed by atoms with Crippen LogP contribution in [0.4, 0.5) is 5.69 Å². The van der Waals surface area contributed by atoms with E-state index in [-0.39, 0.29) is 59.4 Å². The molecule has 1 aliphatic heterocycles. The summed E-state index contributed by atoms with van der Waals surface area (Å²) in [4.78, 5) is 53.2. The van der Waals surface area contributed by atoms with Gasteiger partial charge in [-0.3, -0.25) is 19.3 Å². The maximum absolute atomic E-state index is 13.6. The average molecular weight is 480 g/mol. The molecule has 36 heavy (non-hydrogen) atoms. The van der Waals surface area contributed by atoms with Gasteiger partial charge in [0, 0.05) is 5.56 Å². The molecule has 1 saturated heterocycles. The topological polar surface area (TPSA) is 80.8 Å². The van der Waals surface area contributed by atoms with Gasteiger partial charge < -0.3 is 4.74 Å². The molecule has 2 saturated carbocycles. The number of fused-ring (bicyclic) bond motifs is 5. The van der Waals surface area contributed by atoms with Gasteiger partial charge in [-0.15, -0.1) is 0 Å². The number of esters is 1. The Balaban J connectivity index is 1.19. The number of benzene rings is 3. The van der Waals surface area contributed by atoms with Crippen molar-refractivity contribution in [1.82, 2.24) is 0 Å². The van der Waals surface area contributed by atoms with Gasteiger partial charge in [0.05, 0.1) is 23.1 Å². The Morgan fingerprint density at radius 1 is 0.778 bits per heavy atom. The SMILES string of the molecule is O=C(COC(=O)c1cccc(N2C(=O)C3C4CC(c5ccccc5)C(C4)C3C2=O)c1)c1ccccc1. The van der Waals surface area contributed by atoms with Crippen molar-refractivity contribution in [2.75, 3.05) is 11.5 Å². The highest BCUT2D eigenvalue weighted by Crippen LogP contribution is 2.61. The zero-order chi connectivity index (χ0) is 24.8. The number of ether oxygens (including phenoxy) is 1. The van der Waals surface area contributed by atoms with E-state index in [0.717, 1.165) is 12.8 Å². The number of ketones is 1. The number of Topliss-reactive ketones (excluding diaryl/α,β-unsaturated/α-hetero) is 1. The van der Waals surface area contributed by atoms with Gasteiger partial charge in [0.25, 0.3) is 0 Å². The lowest BCUT2D eigenvalue weighted by molar-refractivity contribution is -0.123. The van der Waals surface area contributed by atoms with E-state index in [2.05, 4.69) is 12.1 Å². The molecule has 5 unspecified atom stereocenters. The zero-order valence-electron chi connectivity index (χ0n) is 19.6. The number of rotatable bonds is 6. The lowest BCUT2D eigenvalue weighted by atomic mass is 9.73. The molecule has 2 bridgehead atoms. The summed E-state index contributed by atoms with van der Waals surface area (Å²) in [5.74, 6) is -1.30. The molecule has 3 aromatic rings. The van der Waals surface area contributed by atoms with E-state index in [1.54, 1.807) is 48.5 Å². The van der Waals surface area contributed by atoms with Crippen molar-refractivity contribution in [3.63, 3.8) is 0 Å². The fourth-order valence-electron chi connectivity index (χ4n) is 6.49. The van der Waals surface area contributed by atoms with Crippen molar-refractivity contribution in [3.8, 4) is 0 Å². The molecule has 180 valence electrons. The first kappa shape index (κ1) is 22.4. The van der Waals surface area contributed by atoms with Crippen LogP contribution in [-0.4, -0.2) is 30.2 Å². The number of hydrogen-bond acceptors (Lipinski definition) is 5. The minimum Gasteiger partial charge on any atom is -0.454 e. The smallest absolute Gasteiger partial charge is 0.338 e. The van der Waals surface area contributed by atoms with Gasteiger partial charge in [0.2, 0.25) is 11.8 Å². The predicted octanol–water partition coefficient (Wildman–Crippen LogP) is 4.66. The predicted molar refractivity (Wildman–Crippen MR) is 132 cm³/mol. The molecule has 6 heteroatoms. The minimum atomic E-state index is -0.676. The van der Waals surface area contributed by atoms with Crippen molar-refractivity contribution in [2.24, 2.45) is 23.7 Å². The van der Waals surface area contributed by atoms with E-state index in [4.69, 9.17) is 4.74 Å². The summed E-state index contributed by atoms with van der Waals surface area (Å²) in [6.45, 7) is -0.386. The molecule has 6 nitrogen and oxygen atoms in total. The van der Waals surface area contributed by atoms with E-state index in [1.165, 1.54) is 16.5 Å². The Morgan fingerprint density at radius 2 is 1.44 bits per heavy atom. The maximum Gasteiger partial charge on any atom is 0.338 e. The van der Waals surface area contributed by atoms with Gasteiger partial charge in [0.15, 0.2) is 12.4 Å². The lowest BCUT2D eigenvalue weighted by Crippen LogP contribution is -2.33. The third-order valence-corrected chi connectivity index (χ3v) is 8.01. The third kappa shape index (κ3) is 3.65. The van der Waals surface area contributed by atoms with Gasteiger partial charge in [-0.2, -0.15) is 0 Å². The summed E-state index contributed by atoms with van der Waals surface area (Å²) in [5.41, 5.74) is 2.26. The standard InChI is InChI=1S/C30H25NO5/c32-25(19-10-5-2-6-11-19)17-36-30(35)20-12-7-13-22(14-20)31-28(33)26-21-15-23(18-8-3-1-4-9-18)24(16-21)27(26)29(31)34/h1-14,21,23-24,26-27H,15-17H2. The number of carbonyl (C=O) groups is 4. The number of anilines is 1. The Labute approximate surface area is 208 Å².